The van der Waals surface area contributed by atoms with Crippen molar-refractivity contribution in [3.63, 3.8) is 0 Å². The van der Waals surface area contributed by atoms with Crippen molar-refractivity contribution >= 4 is 26.8 Å². The van der Waals surface area contributed by atoms with Gasteiger partial charge in [0.2, 0.25) is 15.9 Å². The summed E-state index contributed by atoms with van der Waals surface area (Å²) in [6.07, 6.45) is 0. The van der Waals surface area contributed by atoms with E-state index >= 15 is 0 Å². The number of H-pyrrole nitrogens is 1. The van der Waals surface area contributed by atoms with Crippen molar-refractivity contribution in [2.45, 2.75) is 32.2 Å². The Morgan fingerprint density at radius 2 is 2.00 bits per heavy atom. The third-order valence-corrected chi connectivity index (χ3v) is 5.61. The summed E-state index contributed by atoms with van der Waals surface area (Å²) in [5.74, 6) is -0.240. The molecule has 1 amide bonds. The minimum atomic E-state index is -3.85. The number of carbonyl (C=O) groups excluding carboxylic acids is 1. The lowest BCUT2D eigenvalue weighted by Gasteiger charge is -2.08. The highest BCUT2D eigenvalue weighted by Gasteiger charge is 2.24. The summed E-state index contributed by atoms with van der Waals surface area (Å²) in [6, 6.07) is 7.86. The van der Waals surface area contributed by atoms with E-state index in [1.165, 1.54) is 13.8 Å². The van der Waals surface area contributed by atoms with E-state index in [1.807, 2.05) is 31.2 Å². The number of amides is 1. The molecule has 2 heterocycles. The average molecular weight is 376 g/mol. The standard InChI is InChI=1S/C17H20N4O4S/c1-10-6-14-7-13(4-5-15(14)20-10)8-18-16(22)9-19-26(23,24)17-11(2)21-25-12(17)3/h4-7,19-20H,8-9H2,1-3H3,(H,18,22). The summed E-state index contributed by atoms with van der Waals surface area (Å²) >= 11 is 0. The zero-order valence-corrected chi connectivity index (χ0v) is 15.5. The highest BCUT2D eigenvalue weighted by molar-refractivity contribution is 7.89. The first kappa shape index (κ1) is 18.2. The summed E-state index contributed by atoms with van der Waals surface area (Å²) in [4.78, 5) is 15.2. The first-order valence-corrected chi connectivity index (χ1v) is 9.52. The molecule has 0 bridgehead atoms. The lowest BCUT2D eigenvalue weighted by molar-refractivity contribution is -0.120. The van der Waals surface area contributed by atoms with Gasteiger partial charge < -0.3 is 14.8 Å². The SMILES string of the molecule is Cc1cc2cc(CNC(=O)CNS(=O)(=O)c3c(C)noc3C)ccc2[nH]1. The third-order valence-electron chi connectivity index (χ3n) is 3.97. The van der Waals surface area contributed by atoms with Crippen LogP contribution >= 0.6 is 0 Å². The lowest BCUT2D eigenvalue weighted by Crippen LogP contribution is -2.36. The molecule has 0 atom stereocenters. The normalized spacial score (nSPS) is 11.8. The molecule has 26 heavy (non-hydrogen) atoms. The molecule has 0 saturated carbocycles. The Hall–Kier alpha value is -2.65. The van der Waals surface area contributed by atoms with Gasteiger partial charge in [0.25, 0.3) is 0 Å². The number of nitrogens with zero attached hydrogens (tertiary/aromatic N) is 1. The summed E-state index contributed by atoms with van der Waals surface area (Å²) in [5.41, 5.74) is 3.28. The van der Waals surface area contributed by atoms with Crippen molar-refractivity contribution < 1.29 is 17.7 Å². The van der Waals surface area contributed by atoms with E-state index in [9.17, 15) is 13.2 Å². The van der Waals surface area contributed by atoms with Crippen molar-refractivity contribution in [1.82, 2.24) is 20.2 Å². The number of sulfonamides is 1. The van der Waals surface area contributed by atoms with Gasteiger partial charge in [-0.25, -0.2) is 13.1 Å². The van der Waals surface area contributed by atoms with E-state index in [0.29, 0.717) is 6.54 Å². The Labute approximate surface area is 151 Å². The number of aryl methyl sites for hydroxylation is 3. The Balaban J connectivity index is 1.58. The maximum atomic E-state index is 12.3. The van der Waals surface area contributed by atoms with Crippen molar-refractivity contribution in [3.8, 4) is 0 Å². The molecule has 3 N–H and O–H groups in total. The maximum Gasteiger partial charge on any atom is 0.246 e. The van der Waals surface area contributed by atoms with Crippen LogP contribution in [0.15, 0.2) is 33.7 Å². The van der Waals surface area contributed by atoms with E-state index in [-0.39, 0.29) is 22.9 Å². The van der Waals surface area contributed by atoms with Gasteiger partial charge in [-0.15, -0.1) is 0 Å². The molecule has 1 aromatic carbocycles. The molecule has 0 unspecified atom stereocenters. The van der Waals surface area contributed by atoms with Crippen LogP contribution in [-0.4, -0.2) is 31.0 Å². The van der Waals surface area contributed by atoms with Gasteiger partial charge in [-0.2, -0.15) is 0 Å². The van der Waals surface area contributed by atoms with Crippen LogP contribution in [0.2, 0.25) is 0 Å². The van der Waals surface area contributed by atoms with Gasteiger partial charge in [0.05, 0.1) is 6.54 Å². The van der Waals surface area contributed by atoms with E-state index in [2.05, 4.69) is 20.2 Å². The minimum Gasteiger partial charge on any atom is -0.360 e. The number of rotatable bonds is 6. The summed E-state index contributed by atoms with van der Waals surface area (Å²) in [7, 11) is -3.85. The van der Waals surface area contributed by atoms with Crippen LogP contribution in [0.1, 0.15) is 22.7 Å². The monoisotopic (exact) mass is 376 g/mol. The molecule has 0 saturated heterocycles. The molecule has 0 radical (unpaired) electrons. The fourth-order valence-corrected chi connectivity index (χ4v) is 4.10. The summed E-state index contributed by atoms with van der Waals surface area (Å²) in [6.45, 7) is 4.97. The van der Waals surface area contributed by atoms with Gasteiger partial charge in [-0.3, -0.25) is 4.79 Å². The largest absolute Gasteiger partial charge is 0.360 e. The number of aromatic nitrogens is 2. The number of aromatic amines is 1. The highest BCUT2D eigenvalue weighted by atomic mass is 32.2. The number of benzene rings is 1. The van der Waals surface area contributed by atoms with Crippen molar-refractivity contribution in [2.75, 3.05) is 6.54 Å². The molecule has 0 aliphatic heterocycles. The average Bonchev–Trinajstić information content (AvgIpc) is 3.11. The second-order valence-corrected chi connectivity index (χ2v) is 7.83. The number of hydrogen-bond acceptors (Lipinski definition) is 5. The molecule has 0 aliphatic rings. The van der Waals surface area contributed by atoms with E-state index in [0.717, 1.165) is 22.2 Å². The molecule has 0 fully saturated rings. The van der Waals surface area contributed by atoms with Crippen LogP contribution in [-0.2, 0) is 21.4 Å². The van der Waals surface area contributed by atoms with Crippen LogP contribution in [0.3, 0.4) is 0 Å². The smallest absolute Gasteiger partial charge is 0.246 e. The fraction of sp³-hybridized carbons (Fsp3) is 0.294. The maximum absolute atomic E-state index is 12.3. The van der Waals surface area contributed by atoms with Gasteiger partial charge in [0, 0.05) is 17.8 Å². The fourth-order valence-electron chi connectivity index (χ4n) is 2.79. The number of hydrogen-bond donors (Lipinski definition) is 3. The Bertz CT molecular complexity index is 1050. The van der Waals surface area contributed by atoms with Crippen LogP contribution < -0.4 is 10.0 Å². The number of fused-ring (bicyclic) bond motifs is 1. The Morgan fingerprint density at radius 3 is 2.69 bits per heavy atom. The predicted molar refractivity (Wildman–Crippen MR) is 96.0 cm³/mol. The summed E-state index contributed by atoms with van der Waals surface area (Å²) < 4.78 is 31.7. The molecule has 2 aromatic heterocycles. The lowest BCUT2D eigenvalue weighted by atomic mass is 10.1. The van der Waals surface area contributed by atoms with Gasteiger partial charge in [0.1, 0.15) is 10.6 Å². The van der Waals surface area contributed by atoms with Crippen LogP contribution in [0, 0.1) is 20.8 Å². The Morgan fingerprint density at radius 1 is 1.23 bits per heavy atom. The van der Waals surface area contributed by atoms with Gasteiger partial charge in [-0.1, -0.05) is 11.2 Å². The molecule has 0 aliphatic carbocycles. The van der Waals surface area contributed by atoms with Crippen LogP contribution in [0.25, 0.3) is 10.9 Å². The van der Waals surface area contributed by atoms with Crippen molar-refractivity contribution in [1.29, 1.82) is 0 Å². The number of carbonyl (C=O) groups is 1. The van der Waals surface area contributed by atoms with Gasteiger partial charge >= 0.3 is 0 Å². The molecule has 138 valence electrons. The topological polar surface area (TPSA) is 117 Å². The van der Waals surface area contributed by atoms with Crippen LogP contribution in [0.5, 0.6) is 0 Å². The molecule has 9 heteroatoms. The second kappa shape index (κ2) is 6.93. The first-order chi connectivity index (χ1) is 12.3. The van der Waals surface area contributed by atoms with Crippen molar-refractivity contribution in [2.24, 2.45) is 0 Å². The first-order valence-electron chi connectivity index (χ1n) is 8.04. The van der Waals surface area contributed by atoms with Gasteiger partial charge in [0.15, 0.2) is 5.76 Å². The molecule has 3 rings (SSSR count). The molecule has 0 spiro atoms. The highest BCUT2D eigenvalue weighted by Crippen LogP contribution is 2.18. The molecular formula is C17H20N4O4S. The summed E-state index contributed by atoms with van der Waals surface area (Å²) in [5, 5.41) is 7.38. The molecule has 8 nitrogen and oxygen atoms in total. The van der Waals surface area contributed by atoms with E-state index in [4.69, 9.17) is 4.52 Å². The minimum absolute atomic E-state index is 0.0291. The van der Waals surface area contributed by atoms with Crippen molar-refractivity contribution in [3.05, 3.63) is 47.0 Å². The second-order valence-electron chi connectivity index (χ2n) is 6.13. The van der Waals surface area contributed by atoms with Crippen LogP contribution in [0.4, 0.5) is 0 Å². The third kappa shape index (κ3) is 3.78. The molecule has 3 aromatic rings. The quantitative estimate of drug-likeness (QED) is 0.605. The van der Waals surface area contributed by atoms with Gasteiger partial charge in [-0.05, 0) is 49.9 Å². The molecular weight excluding hydrogens is 356 g/mol. The Kier molecular flexibility index (Phi) is 4.84. The van der Waals surface area contributed by atoms with E-state index in [1.54, 1.807) is 0 Å². The van der Waals surface area contributed by atoms with E-state index < -0.39 is 15.9 Å². The predicted octanol–water partition coefficient (Wildman–Crippen LogP) is 1.68. The number of nitrogens with one attached hydrogen (secondary N) is 3. The zero-order chi connectivity index (χ0) is 18.9. The zero-order valence-electron chi connectivity index (χ0n) is 14.7.